The van der Waals surface area contributed by atoms with Crippen molar-refractivity contribution in [2.24, 2.45) is 5.92 Å². The van der Waals surface area contributed by atoms with Crippen LogP contribution >= 0.6 is 11.8 Å². The molecule has 8 heteroatoms. The number of sulfonamides is 1. The zero-order valence-electron chi connectivity index (χ0n) is 18.7. The quantitative estimate of drug-likeness (QED) is 0.619. The molecule has 0 aromatic heterocycles. The van der Waals surface area contributed by atoms with Crippen LogP contribution in [0.4, 0.5) is 5.69 Å². The number of amides is 1. The van der Waals surface area contributed by atoms with Crippen molar-refractivity contribution >= 4 is 33.4 Å². The second-order valence-electron chi connectivity index (χ2n) is 8.56. The molecular weight excluding hydrogens is 442 g/mol. The molecule has 172 valence electrons. The smallest absolute Gasteiger partial charge is 0.255 e. The molecule has 0 atom stereocenters. The number of benzene rings is 2. The van der Waals surface area contributed by atoms with Gasteiger partial charge < -0.3 is 9.80 Å². The molecule has 32 heavy (non-hydrogen) atoms. The van der Waals surface area contributed by atoms with Crippen LogP contribution in [-0.2, 0) is 10.0 Å². The highest BCUT2D eigenvalue weighted by atomic mass is 32.2. The zero-order valence-corrected chi connectivity index (χ0v) is 20.4. The van der Waals surface area contributed by atoms with Gasteiger partial charge in [-0.2, -0.15) is 4.31 Å². The summed E-state index contributed by atoms with van der Waals surface area (Å²) in [6.07, 6.45) is 3.90. The van der Waals surface area contributed by atoms with Crippen molar-refractivity contribution in [3.63, 3.8) is 0 Å². The van der Waals surface area contributed by atoms with Gasteiger partial charge in [-0.25, -0.2) is 8.42 Å². The zero-order chi connectivity index (χ0) is 22.7. The SMILES string of the molecule is CSc1ccc(S(=O)(=O)N2CCN(c3ccccc3)CC2)cc1C(=O)N1CCC(C)CC1. The predicted octanol–water partition coefficient (Wildman–Crippen LogP) is 3.79. The van der Waals surface area contributed by atoms with Crippen LogP contribution < -0.4 is 4.90 Å². The van der Waals surface area contributed by atoms with E-state index >= 15 is 0 Å². The van der Waals surface area contributed by atoms with E-state index in [1.807, 2.05) is 41.5 Å². The van der Waals surface area contributed by atoms with Crippen molar-refractivity contribution < 1.29 is 13.2 Å². The van der Waals surface area contributed by atoms with Crippen LogP contribution in [0.1, 0.15) is 30.1 Å². The summed E-state index contributed by atoms with van der Waals surface area (Å²) in [6, 6.07) is 15.1. The second kappa shape index (κ2) is 9.85. The average Bonchev–Trinajstić information content (AvgIpc) is 2.84. The molecule has 2 saturated heterocycles. The summed E-state index contributed by atoms with van der Waals surface area (Å²) < 4.78 is 28.3. The standard InChI is InChI=1S/C24H31N3O3S2/c1-19-10-12-26(13-11-19)24(28)22-18-21(8-9-23(22)31-2)32(29,30)27-16-14-25(15-17-27)20-6-4-3-5-7-20/h3-9,18-19H,10-17H2,1-2H3. The molecule has 0 saturated carbocycles. The molecule has 2 aromatic carbocycles. The lowest BCUT2D eigenvalue weighted by Crippen LogP contribution is -2.48. The van der Waals surface area contributed by atoms with E-state index in [0.717, 1.165) is 36.5 Å². The molecule has 1 amide bonds. The number of hydrogen-bond donors (Lipinski definition) is 0. The Kier molecular flexibility index (Phi) is 7.12. The van der Waals surface area contributed by atoms with Crippen molar-refractivity contribution in [2.75, 3.05) is 50.4 Å². The number of rotatable bonds is 5. The molecule has 0 N–H and O–H groups in total. The van der Waals surface area contributed by atoms with Crippen molar-refractivity contribution in [1.82, 2.24) is 9.21 Å². The summed E-state index contributed by atoms with van der Waals surface area (Å²) in [7, 11) is -3.66. The molecule has 2 aliphatic rings. The summed E-state index contributed by atoms with van der Waals surface area (Å²) >= 11 is 1.48. The lowest BCUT2D eigenvalue weighted by Gasteiger charge is -2.35. The molecule has 2 fully saturated rings. The Morgan fingerprint density at radius 3 is 2.22 bits per heavy atom. The highest BCUT2D eigenvalue weighted by Crippen LogP contribution is 2.29. The molecule has 0 radical (unpaired) electrons. The average molecular weight is 474 g/mol. The van der Waals surface area contributed by atoms with Gasteiger partial charge in [0.25, 0.3) is 5.91 Å². The number of nitrogens with zero attached hydrogens (tertiary/aromatic N) is 3. The van der Waals surface area contributed by atoms with Crippen LogP contribution in [0.5, 0.6) is 0 Å². The third-order valence-electron chi connectivity index (χ3n) is 6.47. The maximum atomic E-state index is 13.4. The molecule has 6 nitrogen and oxygen atoms in total. The van der Waals surface area contributed by atoms with E-state index < -0.39 is 10.0 Å². The van der Waals surface area contributed by atoms with Crippen LogP contribution in [0.25, 0.3) is 0 Å². The molecule has 0 bridgehead atoms. The minimum atomic E-state index is -3.66. The number of anilines is 1. The van der Waals surface area contributed by atoms with Gasteiger partial charge in [0.2, 0.25) is 10.0 Å². The lowest BCUT2D eigenvalue weighted by atomic mass is 9.98. The largest absolute Gasteiger partial charge is 0.369 e. The van der Waals surface area contributed by atoms with Gasteiger partial charge in [0.1, 0.15) is 0 Å². The maximum Gasteiger partial charge on any atom is 0.255 e. The number of likely N-dealkylation sites (tertiary alicyclic amines) is 1. The van der Waals surface area contributed by atoms with Crippen molar-refractivity contribution in [3.05, 3.63) is 54.1 Å². The van der Waals surface area contributed by atoms with E-state index in [2.05, 4.69) is 11.8 Å². The topological polar surface area (TPSA) is 60.9 Å². The van der Waals surface area contributed by atoms with Gasteiger partial charge >= 0.3 is 0 Å². The number of carbonyl (C=O) groups excluding carboxylic acids is 1. The van der Waals surface area contributed by atoms with E-state index in [0.29, 0.717) is 37.7 Å². The summed E-state index contributed by atoms with van der Waals surface area (Å²) in [4.78, 5) is 18.3. The lowest BCUT2D eigenvalue weighted by molar-refractivity contribution is 0.0693. The van der Waals surface area contributed by atoms with Crippen LogP contribution in [0.2, 0.25) is 0 Å². The van der Waals surface area contributed by atoms with Crippen molar-refractivity contribution in [2.45, 2.75) is 29.6 Å². The highest BCUT2D eigenvalue weighted by molar-refractivity contribution is 7.98. The number of hydrogen-bond acceptors (Lipinski definition) is 5. The Morgan fingerprint density at radius 1 is 0.938 bits per heavy atom. The van der Waals surface area contributed by atoms with Crippen molar-refractivity contribution in [3.8, 4) is 0 Å². The van der Waals surface area contributed by atoms with Crippen LogP contribution in [0.3, 0.4) is 0 Å². The monoisotopic (exact) mass is 473 g/mol. The normalized spacial score (nSPS) is 18.7. The summed E-state index contributed by atoms with van der Waals surface area (Å²) in [5.41, 5.74) is 1.61. The first kappa shape index (κ1) is 23.1. The number of carbonyl (C=O) groups is 1. The molecule has 2 heterocycles. The molecular formula is C24H31N3O3S2. The second-order valence-corrected chi connectivity index (χ2v) is 11.3. The number of piperazine rings is 1. The Balaban J connectivity index is 1.52. The van der Waals surface area contributed by atoms with Gasteiger partial charge in [0.15, 0.2) is 0 Å². The summed E-state index contributed by atoms with van der Waals surface area (Å²) in [5, 5.41) is 0. The minimum Gasteiger partial charge on any atom is -0.369 e. The van der Waals surface area contributed by atoms with Gasteiger partial charge in [-0.15, -0.1) is 11.8 Å². The van der Waals surface area contributed by atoms with Gasteiger partial charge in [0.05, 0.1) is 10.5 Å². The predicted molar refractivity (Wildman–Crippen MR) is 130 cm³/mol. The fourth-order valence-electron chi connectivity index (χ4n) is 4.37. The maximum absolute atomic E-state index is 13.4. The first-order chi connectivity index (χ1) is 15.4. The van der Waals surface area contributed by atoms with Gasteiger partial charge in [-0.05, 0) is 55.3 Å². The summed E-state index contributed by atoms with van der Waals surface area (Å²) in [5.74, 6) is 0.563. The number of piperidine rings is 1. The molecule has 0 aliphatic carbocycles. The Morgan fingerprint density at radius 2 is 1.59 bits per heavy atom. The number of para-hydroxylation sites is 1. The van der Waals surface area contributed by atoms with E-state index in [9.17, 15) is 13.2 Å². The van der Waals surface area contributed by atoms with Gasteiger partial charge in [0, 0.05) is 49.9 Å². The van der Waals surface area contributed by atoms with E-state index in [-0.39, 0.29) is 10.8 Å². The van der Waals surface area contributed by atoms with Gasteiger partial charge in [-0.1, -0.05) is 25.1 Å². The molecule has 0 unspecified atom stereocenters. The van der Waals surface area contributed by atoms with E-state index in [4.69, 9.17) is 0 Å². The fourth-order valence-corrected chi connectivity index (χ4v) is 6.39. The molecule has 2 aliphatic heterocycles. The molecule has 2 aromatic rings. The number of thioether (sulfide) groups is 1. The third-order valence-corrected chi connectivity index (χ3v) is 9.16. The van der Waals surface area contributed by atoms with Gasteiger partial charge in [-0.3, -0.25) is 4.79 Å². The fraction of sp³-hybridized carbons (Fsp3) is 0.458. The minimum absolute atomic E-state index is 0.0628. The van der Waals surface area contributed by atoms with Crippen LogP contribution in [0.15, 0.2) is 58.3 Å². The van der Waals surface area contributed by atoms with E-state index in [1.165, 1.54) is 16.1 Å². The molecule has 4 rings (SSSR count). The highest BCUT2D eigenvalue weighted by Gasteiger charge is 2.31. The Bertz CT molecular complexity index is 1040. The Hall–Kier alpha value is -2.03. The Labute approximate surface area is 195 Å². The van der Waals surface area contributed by atoms with Crippen LogP contribution in [-0.4, -0.2) is 69.1 Å². The first-order valence-electron chi connectivity index (χ1n) is 11.2. The van der Waals surface area contributed by atoms with Crippen LogP contribution in [0, 0.1) is 5.92 Å². The third kappa shape index (κ3) is 4.82. The first-order valence-corrected chi connectivity index (χ1v) is 13.8. The van der Waals surface area contributed by atoms with Crippen molar-refractivity contribution in [1.29, 1.82) is 0 Å². The molecule has 0 spiro atoms. The summed E-state index contributed by atoms with van der Waals surface area (Å²) in [6.45, 7) is 5.80. The van der Waals surface area contributed by atoms with E-state index in [1.54, 1.807) is 18.2 Å².